The molecule has 8 nitrogen and oxygen atoms in total. The van der Waals surface area contributed by atoms with Gasteiger partial charge in [0.25, 0.3) is 5.91 Å². The van der Waals surface area contributed by atoms with Gasteiger partial charge in [0.2, 0.25) is 0 Å². The van der Waals surface area contributed by atoms with Gasteiger partial charge in [-0.3, -0.25) is 9.69 Å². The molecule has 2 N–H and O–H groups in total. The number of quaternary nitrogens is 1. The number of hydrogen-bond donors (Lipinski definition) is 2. The lowest BCUT2D eigenvalue weighted by Crippen LogP contribution is -3.06. The lowest BCUT2D eigenvalue weighted by molar-refractivity contribution is -0.857. The molecule has 2 heterocycles. The number of urea groups is 1. The van der Waals surface area contributed by atoms with E-state index in [1.807, 2.05) is 12.1 Å². The van der Waals surface area contributed by atoms with Gasteiger partial charge >= 0.3 is 6.03 Å². The molecule has 27 heavy (non-hydrogen) atoms. The number of hydrogen-bond acceptors (Lipinski definition) is 4. The van der Waals surface area contributed by atoms with E-state index in [-0.39, 0.29) is 11.9 Å². The van der Waals surface area contributed by atoms with Crippen LogP contribution in [-0.4, -0.2) is 76.7 Å². The number of carbonyl (C=O) groups is 2. The SMILES string of the molecule is COc1cc(OC)cc([C@@H]2NC(=O)N(C)C3=C2C(=O)N(CC[NH+](C)C)C3)c1. The standard InChI is InChI=1S/C19H26N4O4/c1-21(2)6-7-23-11-15-16(18(23)24)17(20-19(25)22(15)3)12-8-13(26-4)10-14(9-12)27-5/h8-10,17H,6-7,11H2,1-5H3,(H,20,25)/p+1/t17-/m0/s1. The monoisotopic (exact) mass is 375 g/mol. The molecule has 0 fully saturated rings. The predicted molar refractivity (Wildman–Crippen MR) is 99.9 cm³/mol. The average molecular weight is 375 g/mol. The summed E-state index contributed by atoms with van der Waals surface area (Å²) in [6, 6.07) is 4.65. The van der Waals surface area contributed by atoms with Crippen LogP contribution in [0.1, 0.15) is 11.6 Å². The van der Waals surface area contributed by atoms with Crippen molar-refractivity contribution < 1.29 is 24.0 Å². The van der Waals surface area contributed by atoms with E-state index in [0.29, 0.717) is 30.2 Å². The lowest BCUT2D eigenvalue weighted by atomic mass is 9.95. The minimum atomic E-state index is -0.531. The highest BCUT2D eigenvalue weighted by Crippen LogP contribution is 2.37. The van der Waals surface area contributed by atoms with Crippen molar-refractivity contribution in [1.82, 2.24) is 15.1 Å². The molecule has 0 unspecified atom stereocenters. The van der Waals surface area contributed by atoms with Crippen LogP contribution in [-0.2, 0) is 4.79 Å². The number of benzene rings is 1. The molecule has 0 bridgehead atoms. The number of rotatable bonds is 6. The Kier molecular flexibility index (Phi) is 5.27. The van der Waals surface area contributed by atoms with Crippen LogP contribution in [0.25, 0.3) is 0 Å². The van der Waals surface area contributed by atoms with Crippen LogP contribution in [0.4, 0.5) is 4.79 Å². The summed E-state index contributed by atoms with van der Waals surface area (Å²) in [6.07, 6.45) is 0. The van der Waals surface area contributed by atoms with Gasteiger partial charge in [-0.25, -0.2) is 4.79 Å². The van der Waals surface area contributed by atoms with Crippen LogP contribution in [0.2, 0.25) is 0 Å². The summed E-state index contributed by atoms with van der Waals surface area (Å²) in [5.41, 5.74) is 2.12. The van der Waals surface area contributed by atoms with Crippen molar-refractivity contribution in [3.8, 4) is 11.5 Å². The molecule has 0 aliphatic carbocycles. The fourth-order valence-electron chi connectivity index (χ4n) is 3.41. The fourth-order valence-corrected chi connectivity index (χ4v) is 3.41. The quantitative estimate of drug-likeness (QED) is 0.712. The van der Waals surface area contributed by atoms with Crippen molar-refractivity contribution in [2.45, 2.75) is 6.04 Å². The number of ether oxygens (including phenoxy) is 2. The smallest absolute Gasteiger partial charge is 0.322 e. The van der Waals surface area contributed by atoms with Gasteiger partial charge in [-0.1, -0.05) is 0 Å². The third-order valence-corrected chi connectivity index (χ3v) is 5.02. The van der Waals surface area contributed by atoms with E-state index in [1.54, 1.807) is 32.2 Å². The molecule has 2 aliphatic heterocycles. The topological polar surface area (TPSA) is 75.5 Å². The minimum absolute atomic E-state index is 0.0371. The molecule has 0 saturated carbocycles. The summed E-state index contributed by atoms with van der Waals surface area (Å²) in [4.78, 5) is 30.2. The molecular formula is C19H27N4O4+. The first-order valence-electron chi connectivity index (χ1n) is 8.94. The van der Waals surface area contributed by atoms with Crippen molar-refractivity contribution in [2.24, 2.45) is 0 Å². The molecule has 0 radical (unpaired) electrons. The van der Waals surface area contributed by atoms with Crippen LogP contribution in [0.3, 0.4) is 0 Å². The lowest BCUT2D eigenvalue weighted by Gasteiger charge is -2.31. The van der Waals surface area contributed by atoms with Gasteiger partial charge in [-0.05, 0) is 17.7 Å². The zero-order chi connectivity index (χ0) is 19.7. The first-order chi connectivity index (χ1) is 12.8. The third-order valence-electron chi connectivity index (χ3n) is 5.02. The minimum Gasteiger partial charge on any atom is -0.497 e. The Morgan fingerprint density at radius 1 is 1.15 bits per heavy atom. The van der Waals surface area contributed by atoms with Crippen molar-refractivity contribution >= 4 is 11.9 Å². The first-order valence-corrected chi connectivity index (χ1v) is 8.94. The number of nitrogens with zero attached hydrogens (tertiary/aromatic N) is 2. The van der Waals surface area contributed by atoms with Crippen LogP contribution < -0.4 is 19.7 Å². The van der Waals surface area contributed by atoms with Crippen LogP contribution in [0.5, 0.6) is 11.5 Å². The molecule has 1 aromatic rings. The summed E-state index contributed by atoms with van der Waals surface area (Å²) in [5.74, 6) is 1.18. The highest BCUT2D eigenvalue weighted by atomic mass is 16.5. The van der Waals surface area contributed by atoms with Gasteiger partial charge in [-0.15, -0.1) is 0 Å². The van der Waals surface area contributed by atoms with Gasteiger partial charge in [0.15, 0.2) is 0 Å². The maximum atomic E-state index is 13.1. The van der Waals surface area contributed by atoms with Gasteiger partial charge < -0.3 is 24.6 Å². The van der Waals surface area contributed by atoms with E-state index in [0.717, 1.165) is 17.8 Å². The maximum Gasteiger partial charge on any atom is 0.322 e. The Morgan fingerprint density at radius 3 is 2.33 bits per heavy atom. The number of nitrogens with one attached hydrogen (secondary N) is 2. The normalized spacial score (nSPS) is 19.6. The molecule has 3 rings (SSSR count). The Hall–Kier alpha value is -2.74. The highest BCUT2D eigenvalue weighted by Gasteiger charge is 2.43. The molecule has 1 aromatic carbocycles. The second-order valence-corrected chi connectivity index (χ2v) is 7.13. The molecule has 146 valence electrons. The van der Waals surface area contributed by atoms with Crippen molar-refractivity contribution in [1.29, 1.82) is 0 Å². The van der Waals surface area contributed by atoms with Crippen LogP contribution in [0, 0.1) is 0 Å². The number of methoxy groups -OCH3 is 2. The van der Waals surface area contributed by atoms with E-state index < -0.39 is 6.04 Å². The first kappa shape index (κ1) is 19.0. The van der Waals surface area contributed by atoms with Gasteiger partial charge in [-0.2, -0.15) is 0 Å². The van der Waals surface area contributed by atoms with Crippen molar-refractivity contribution in [3.05, 3.63) is 35.0 Å². The summed E-state index contributed by atoms with van der Waals surface area (Å²) in [7, 11) is 8.94. The van der Waals surface area contributed by atoms with Crippen molar-refractivity contribution in [2.75, 3.05) is 55.0 Å². The Balaban J connectivity index is 1.99. The molecule has 0 aromatic heterocycles. The molecule has 3 amide bonds. The second-order valence-electron chi connectivity index (χ2n) is 7.13. The average Bonchev–Trinajstić information content (AvgIpc) is 2.99. The van der Waals surface area contributed by atoms with Crippen molar-refractivity contribution in [3.63, 3.8) is 0 Å². The predicted octanol–water partition coefficient (Wildman–Crippen LogP) is -0.359. The summed E-state index contributed by atoms with van der Waals surface area (Å²) in [6.45, 7) is 1.93. The molecular weight excluding hydrogens is 348 g/mol. The van der Waals surface area contributed by atoms with E-state index >= 15 is 0 Å². The van der Waals surface area contributed by atoms with E-state index in [9.17, 15) is 9.59 Å². The van der Waals surface area contributed by atoms with Gasteiger partial charge in [0, 0.05) is 13.1 Å². The molecule has 0 saturated heterocycles. The number of likely N-dealkylation sites (N-methyl/N-ethyl adjacent to an activating group) is 2. The summed E-state index contributed by atoms with van der Waals surface area (Å²) < 4.78 is 10.7. The summed E-state index contributed by atoms with van der Waals surface area (Å²) in [5, 5.41) is 2.94. The van der Waals surface area contributed by atoms with E-state index in [2.05, 4.69) is 19.4 Å². The van der Waals surface area contributed by atoms with Crippen LogP contribution >= 0.6 is 0 Å². The van der Waals surface area contributed by atoms with E-state index in [4.69, 9.17) is 9.47 Å². The van der Waals surface area contributed by atoms with E-state index in [1.165, 1.54) is 9.80 Å². The molecule has 0 spiro atoms. The Morgan fingerprint density at radius 2 is 1.78 bits per heavy atom. The van der Waals surface area contributed by atoms with Crippen LogP contribution in [0.15, 0.2) is 29.5 Å². The van der Waals surface area contributed by atoms with Gasteiger partial charge in [0.1, 0.15) is 11.5 Å². The third kappa shape index (κ3) is 3.57. The highest BCUT2D eigenvalue weighted by molar-refractivity contribution is 6.01. The Bertz CT molecular complexity index is 768. The fraction of sp³-hybridized carbons (Fsp3) is 0.474. The zero-order valence-corrected chi connectivity index (χ0v) is 16.5. The molecule has 2 aliphatic rings. The molecule has 8 heteroatoms. The van der Waals surface area contributed by atoms with Gasteiger partial charge in [0.05, 0.1) is 65.3 Å². The summed E-state index contributed by atoms with van der Waals surface area (Å²) >= 11 is 0. The molecule has 1 atom stereocenters. The second kappa shape index (κ2) is 7.48. The number of amides is 3. The maximum absolute atomic E-state index is 13.1. The zero-order valence-electron chi connectivity index (χ0n) is 16.5. The Labute approximate surface area is 159 Å². The largest absolute Gasteiger partial charge is 0.497 e. The number of carbonyl (C=O) groups excluding carboxylic acids is 2.